The number of carbonyl (C=O) groups is 1. The second-order valence-corrected chi connectivity index (χ2v) is 8.73. The number of halogens is 2. The van der Waals surface area contributed by atoms with Gasteiger partial charge in [-0.1, -0.05) is 0 Å². The molecule has 0 bridgehead atoms. The van der Waals surface area contributed by atoms with Crippen molar-refractivity contribution in [2.45, 2.75) is 25.5 Å². The highest BCUT2D eigenvalue weighted by Crippen LogP contribution is 2.35. The molecule has 8 nitrogen and oxygen atoms in total. The van der Waals surface area contributed by atoms with Crippen LogP contribution in [0.4, 0.5) is 14.5 Å². The summed E-state index contributed by atoms with van der Waals surface area (Å²) >= 11 is 0. The van der Waals surface area contributed by atoms with E-state index in [4.69, 9.17) is 9.47 Å². The van der Waals surface area contributed by atoms with Gasteiger partial charge in [0.1, 0.15) is 23.4 Å². The first-order valence-corrected chi connectivity index (χ1v) is 11.3. The molecule has 1 saturated heterocycles. The van der Waals surface area contributed by atoms with E-state index in [1.165, 1.54) is 13.2 Å². The summed E-state index contributed by atoms with van der Waals surface area (Å²) in [7, 11) is 3.51. The van der Waals surface area contributed by atoms with Crippen LogP contribution in [0.2, 0.25) is 0 Å². The number of amides is 1. The van der Waals surface area contributed by atoms with Crippen molar-refractivity contribution in [3.63, 3.8) is 0 Å². The molecule has 2 aromatic carbocycles. The lowest BCUT2D eigenvalue weighted by molar-refractivity contribution is -0.0502. The first kappa shape index (κ1) is 22.4. The van der Waals surface area contributed by atoms with Gasteiger partial charge in [0.15, 0.2) is 0 Å². The number of nitrogens with zero attached hydrogens (tertiary/aromatic N) is 4. The average Bonchev–Trinajstić information content (AvgIpc) is 3.53. The number of fused-ring (bicyclic) bond motifs is 1. The van der Waals surface area contributed by atoms with Crippen molar-refractivity contribution >= 4 is 22.6 Å². The van der Waals surface area contributed by atoms with Gasteiger partial charge in [-0.25, -0.2) is 4.98 Å². The number of imidazole rings is 1. The molecule has 10 heteroatoms. The number of alkyl halides is 2. The summed E-state index contributed by atoms with van der Waals surface area (Å²) < 4.78 is 38.4. The van der Waals surface area contributed by atoms with Crippen LogP contribution in [-0.4, -0.2) is 73.3 Å². The maximum Gasteiger partial charge on any atom is 0.387 e. The predicted molar refractivity (Wildman–Crippen MR) is 124 cm³/mol. The highest BCUT2D eigenvalue weighted by Gasteiger charge is 2.29. The number of aromatic nitrogens is 2. The lowest BCUT2D eigenvalue weighted by Gasteiger charge is -2.34. The minimum absolute atomic E-state index is 0.0415. The number of piperazine rings is 1. The lowest BCUT2D eigenvalue weighted by atomic mass is 10.1. The summed E-state index contributed by atoms with van der Waals surface area (Å²) in [5.74, 6) is -0.575. The van der Waals surface area contributed by atoms with E-state index < -0.39 is 12.5 Å². The van der Waals surface area contributed by atoms with Gasteiger partial charge < -0.3 is 24.6 Å². The Morgan fingerprint density at radius 2 is 1.82 bits per heavy atom. The third-order valence-electron chi connectivity index (χ3n) is 6.30. The maximum atomic E-state index is 13.2. The number of nitrogens with one attached hydrogen (secondary N) is 1. The Hall–Kier alpha value is -3.40. The molecule has 1 aliphatic heterocycles. The minimum Gasteiger partial charge on any atom is -0.496 e. The molecular formula is C24H27F2N5O3. The molecule has 34 heavy (non-hydrogen) atoms. The number of anilines is 1. The molecule has 1 aliphatic carbocycles. The van der Waals surface area contributed by atoms with Gasteiger partial charge in [0, 0.05) is 50.0 Å². The molecule has 2 fully saturated rings. The molecule has 0 radical (unpaired) electrons. The van der Waals surface area contributed by atoms with Gasteiger partial charge in [-0.2, -0.15) is 8.78 Å². The van der Waals surface area contributed by atoms with Crippen molar-refractivity contribution in [3.05, 3.63) is 42.2 Å². The molecule has 1 saturated carbocycles. The Balaban J connectivity index is 1.52. The molecule has 2 aliphatic rings. The summed E-state index contributed by atoms with van der Waals surface area (Å²) in [6, 6.07) is 9.15. The second kappa shape index (κ2) is 9.09. The summed E-state index contributed by atoms with van der Waals surface area (Å²) in [4.78, 5) is 21.9. The highest BCUT2D eigenvalue weighted by atomic mass is 19.3. The monoisotopic (exact) mass is 471 g/mol. The van der Waals surface area contributed by atoms with Crippen LogP contribution in [0.5, 0.6) is 11.5 Å². The van der Waals surface area contributed by atoms with Crippen molar-refractivity contribution in [1.29, 1.82) is 0 Å². The quantitative estimate of drug-likeness (QED) is 0.570. The Labute approximate surface area is 196 Å². The molecular weight excluding hydrogens is 444 g/mol. The summed E-state index contributed by atoms with van der Waals surface area (Å²) in [5, 5.41) is 2.81. The van der Waals surface area contributed by atoms with Crippen LogP contribution < -0.4 is 19.7 Å². The van der Waals surface area contributed by atoms with Crippen molar-refractivity contribution in [2.24, 2.45) is 0 Å². The normalized spacial score (nSPS) is 16.8. The number of likely N-dealkylation sites (N-methyl/N-ethyl adjacent to an activating group) is 1. The van der Waals surface area contributed by atoms with E-state index in [-0.39, 0.29) is 23.1 Å². The standard InChI is InChI=1S/C24H27F2N5O3/c1-29-7-9-30(10-8-29)16-5-6-19-18(11-16)27-14-31(19)17-12-20(33-2)22(21(13-17)34-24(25)26)23(32)28-15-3-4-15/h5-6,11-15,24H,3-4,7-10H2,1-2H3,(H,28,32). The van der Waals surface area contributed by atoms with Crippen molar-refractivity contribution in [1.82, 2.24) is 19.8 Å². The van der Waals surface area contributed by atoms with Crippen molar-refractivity contribution < 1.29 is 23.0 Å². The Bertz CT molecular complexity index is 1200. The molecule has 0 spiro atoms. The molecule has 1 N–H and O–H groups in total. The minimum atomic E-state index is -3.09. The predicted octanol–water partition coefficient (Wildman–Crippen LogP) is 3.28. The van der Waals surface area contributed by atoms with E-state index >= 15 is 0 Å². The molecule has 0 atom stereocenters. The van der Waals surface area contributed by atoms with Crippen LogP contribution in [-0.2, 0) is 0 Å². The number of rotatable bonds is 7. The fourth-order valence-corrected chi connectivity index (χ4v) is 4.24. The molecule has 5 rings (SSSR count). The van der Waals surface area contributed by atoms with E-state index in [0.717, 1.165) is 55.7 Å². The van der Waals surface area contributed by atoms with Crippen molar-refractivity contribution in [2.75, 3.05) is 45.2 Å². The van der Waals surface area contributed by atoms with Crippen LogP contribution in [0.1, 0.15) is 23.2 Å². The zero-order valence-corrected chi connectivity index (χ0v) is 19.1. The molecule has 1 amide bonds. The SMILES string of the molecule is COc1cc(-n2cnc3cc(N4CCN(C)CC4)ccc32)cc(OC(F)F)c1C(=O)NC1CC1. The zero-order chi connectivity index (χ0) is 23.8. The molecule has 180 valence electrons. The van der Waals surface area contributed by atoms with E-state index in [0.29, 0.717) is 5.69 Å². The third kappa shape index (κ3) is 4.50. The van der Waals surface area contributed by atoms with E-state index in [9.17, 15) is 13.6 Å². The molecule has 2 heterocycles. The van der Waals surface area contributed by atoms with Gasteiger partial charge in [0.05, 0.1) is 23.8 Å². The number of ether oxygens (including phenoxy) is 2. The van der Waals surface area contributed by atoms with Gasteiger partial charge in [0.2, 0.25) is 0 Å². The van der Waals surface area contributed by atoms with E-state index in [1.807, 2.05) is 18.2 Å². The van der Waals surface area contributed by atoms with Gasteiger partial charge in [-0.3, -0.25) is 9.36 Å². The number of benzene rings is 2. The van der Waals surface area contributed by atoms with Gasteiger partial charge in [-0.05, 0) is 38.1 Å². The largest absolute Gasteiger partial charge is 0.496 e. The van der Waals surface area contributed by atoms with Crippen LogP contribution in [0.3, 0.4) is 0 Å². The molecule has 0 unspecified atom stereocenters. The summed E-state index contributed by atoms with van der Waals surface area (Å²) in [6.45, 7) is 0.801. The smallest absolute Gasteiger partial charge is 0.387 e. The van der Waals surface area contributed by atoms with Crippen LogP contribution >= 0.6 is 0 Å². The van der Waals surface area contributed by atoms with Gasteiger partial charge in [0.25, 0.3) is 5.91 Å². The topological polar surface area (TPSA) is 71.9 Å². The van der Waals surface area contributed by atoms with Crippen LogP contribution in [0, 0.1) is 0 Å². The summed E-state index contributed by atoms with van der Waals surface area (Å²) in [6.07, 6.45) is 3.37. The maximum absolute atomic E-state index is 13.2. The Kier molecular flexibility index (Phi) is 5.99. The van der Waals surface area contributed by atoms with Gasteiger partial charge >= 0.3 is 6.61 Å². The fourth-order valence-electron chi connectivity index (χ4n) is 4.24. The Morgan fingerprint density at radius 3 is 2.50 bits per heavy atom. The zero-order valence-electron chi connectivity index (χ0n) is 19.1. The number of hydrogen-bond acceptors (Lipinski definition) is 6. The average molecular weight is 472 g/mol. The fraction of sp³-hybridized carbons (Fsp3) is 0.417. The van der Waals surface area contributed by atoms with E-state index in [1.54, 1.807) is 17.0 Å². The number of hydrogen-bond donors (Lipinski definition) is 1. The lowest BCUT2D eigenvalue weighted by Crippen LogP contribution is -2.44. The first-order chi connectivity index (χ1) is 16.4. The van der Waals surface area contributed by atoms with Crippen LogP contribution in [0.25, 0.3) is 16.7 Å². The molecule has 1 aromatic heterocycles. The van der Waals surface area contributed by atoms with Gasteiger partial charge in [-0.15, -0.1) is 0 Å². The van der Waals surface area contributed by atoms with Crippen LogP contribution in [0.15, 0.2) is 36.7 Å². The number of carbonyl (C=O) groups excluding carboxylic acids is 1. The van der Waals surface area contributed by atoms with Crippen molar-refractivity contribution in [3.8, 4) is 17.2 Å². The third-order valence-corrected chi connectivity index (χ3v) is 6.30. The second-order valence-electron chi connectivity index (χ2n) is 8.73. The number of methoxy groups -OCH3 is 1. The Morgan fingerprint density at radius 1 is 1.09 bits per heavy atom. The first-order valence-electron chi connectivity index (χ1n) is 11.3. The summed E-state index contributed by atoms with van der Waals surface area (Å²) in [5.41, 5.74) is 3.14. The van der Waals surface area contributed by atoms with E-state index in [2.05, 4.69) is 27.1 Å². The molecule has 3 aromatic rings. The highest BCUT2D eigenvalue weighted by molar-refractivity contribution is 6.00.